The van der Waals surface area contributed by atoms with Gasteiger partial charge in [-0.2, -0.15) is 0 Å². The van der Waals surface area contributed by atoms with Gasteiger partial charge < -0.3 is 4.90 Å². The summed E-state index contributed by atoms with van der Waals surface area (Å²) in [5, 5.41) is 10.9. The summed E-state index contributed by atoms with van der Waals surface area (Å²) in [7, 11) is -1.70. The second-order valence-electron chi connectivity index (χ2n) is 5.61. The summed E-state index contributed by atoms with van der Waals surface area (Å²) in [6.07, 6.45) is 2.28. The lowest BCUT2D eigenvalue weighted by molar-refractivity contribution is -0.385. The van der Waals surface area contributed by atoms with Gasteiger partial charge >= 0.3 is 0 Å². The molecule has 0 atom stereocenters. The number of hydrogen-bond donors (Lipinski definition) is 0. The van der Waals surface area contributed by atoms with Crippen molar-refractivity contribution in [2.45, 2.75) is 25.8 Å². The first-order valence-corrected chi connectivity index (χ1v) is 9.75. The van der Waals surface area contributed by atoms with Crippen LogP contribution in [-0.2, 0) is 10.0 Å². The highest BCUT2D eigenvalue weighted by molar-refractivity contribution is 7.88. The molecule has 0 unspecified atom stereocenters. The smallest absolute Gasteiger partial charge is 0.283 e. The van der Waals surface area contributed by atoms with Gasteiger partial charge in [0.1, 0.15) is 0 Å². The van der Waals surface area contributed by atoms with Crippen molar-refractivity contribution < 1.29 is 18.1 Å². The van der Waals surface area contributed by atoms with Gasteiger partial charge in [-0.1, -0.05) is 0 Å². The van der Waals surface area contributed by atoms with Gasteiger partial charge in [0, 0.05) is 32.2 Å². The van der Waals surface area contributed by atoms with Crippen molar-refractivity contribution in [2.24, 2.45) is 0 Å². The van der Waals surface area contributed by atoms with Crippen molar-refractivity contribution >= 4 is 33.0 Å². The first-order chi connectivity index (χ1) is 10.6. The number of rotatable bonds is 4. The fourth-order valence-electron chi connectivity index (χ4n) is 2.62. The molecule has 0 spiro atoms. The summed E-state index contributed by atoms with van der Waals surface area (Å²) in [5.74, 6) is -0.230. The lowest BCUT2D eigenvalue weighted by Crippen LogP contribution is -2.46. The Morgan fingerprint density at radius 1 is 1.43 bits per heavy atom. The maximum absolute atomic E-state index is 12.4. The average Bonchev–Trinajstić information content (AvgIpc) is 2.87. The van der Waals surface area contributed by atoms with E-state index in [4.69, 9.17) is 0 Å². The highest BCUT2D eigenvalue weighted by atomic mass is 32.2. The second kappa shape index (κ2) is 6.54. The lowest BCUT2D eigenvalue weighted by Gasteiger charge is -2.35. The van der Waals surface area contributed by atoms with E-state index in [2.05, 4.69) is 0 Å². The first-order valence-electron chi connectivity index (χ1n) is 7.08. The number of likely N-dealkylation sites (tertiary alicyclic amines) is 1. The zero-order valence-electron chi connectivity index (χ0n) is 13.2. The van der Waals surface area contributed by atoms with Crippen molar-refractivity contribution in [2.75, 3.05) is 26.4 Å². The molecule has 23 heavy (non-hydrogen) atoms. The molecule has 1 aliphatic heterocycles. The molecule has 1 amide bonds. The van der Waals surface area contributed by atoms with Crippen LogP contribution in [0, 0.1) is 17.0 Å². The van der Waals surface area contributed by atoms with Gasteiger partial charge in [0.15, 0.2) is 0 Å². The zero-order chi connectivity index (χ0) is 17.4. The maximum atomic E-state index is 12.4. The van der Waals surface area contributed by atoms with Crippen LogP contribution in [0.25, 0.3) is 0 Å². The molecule has 1 fully saturated rings. The van der Waals surface area contributed by atoms with E-state index >= 15 is 0 Å². The Kier molecular flexibility index (Phi) is 5.07. The van der Waals surface area contributed by atoms with Crippen LogP contribution >= 0.6 is 11.3 Å². The molecule has 0 bridgehead atoms. The molecule has 0 aromatic carbocycles. The molecular weight excluding hydrogens is 342 g/mol. The highest BCUT2D eigenvalue weighted by Crippen LogP contribution is 2.30. The summed E-state index contributed by atoms with van der Waals surface area (Å²) in [5.41, 5.74) is -0.0370. The molecule has 1 saturated heterocycles. The first kappa shape index (κ1) is 17.8. The molecule has 2 heterocycles. The molecule has 0 N–H and O–H groups in total. The van der Waals surface area contributed by atoms with Crippen LogP contribution in [0.1, 0.15) is 27.4 Å². The van der Waals surface area contributed by atoms with Crippen LogP contribution in [0.15, 0.2) is 6.07 Å². The molecule has 0 radical (unpaired) electrons. The van der Waals surface area contributed by atoms with Crippen LogP contribution in [0.4, 0.5) is 5.69 Å². The maximum Gasteiger partial charge on any atom is 0.283 e. The summed E-state index contributed by atoms with van der Waals surface area (Å²) in [6, 6.07) is 1.20. The number of thiophene rings is 1. The average molecular weight is 361 g/mol. The number of nitro groups is 1. The summed E-state index contributed by atoms with van der Waals surface area (Å²) in [4.78, 5) is 25.3. The molecule has 2 rings (SSSR count). The van der Waals surface area contributed by atoms with Crippen LogP contribution in [0.3, 0.4) is 0 Å². The van der Waals surface area contributed by atoms with Crippen LogP contribution in [0.5, 0.6) is 0 Å². The van der Waals surface area contributed by atoms with E-state index in [-0.39, 0.29) is 17.6 Å². The number of carbonyl (C=O) groups excluding carboxylic acids is 1. The zero-order valence-corrected chi connectivity index (χ0v) is 14.8. The molecule has 10 heteroatoms. The molecule has 1 aliphatic rings. The number of nitrogens with zero attached hydrogens (tertiary/aromatic N) is 3. The largest absolute Gasteiger partial charge is 0.338 e. The summed E-state index contributed by atoms with van der Waals surface area (Å²) in [6.45, 7) is 2.50. The third-order valence-corrected chi connectivity index (χ3v) is 6.46. The minimum atomic E-state index is -3.25. The van der Waals surface area contributed by atoms with Gasteiger partial charge in [-0.25, -0.2) is 12.7 Å². The molecule has 1 aromatic rings. The number of sulfonamides is 1. The molecule has 8 nitrogen and oxygen atoms in total. The van der Waals surface area contributed by atoms with Crippen molar-refractivity contribution in [3.05, 3.63) is 25.9 Å². The number of aryl methyl sites for hydroxylation is 1. The molecule has 0 saturated carbocycles. The van der Waals surface area contributed by atoms with E-state index in [1.807, 2.05) is 0 Å². The highest BCUT2D eigenvalue weighted by Gasteiger charge is 2.30. The predicted molar refractivity (Wildman–Crippen MR) is 87.2 cm³/mol. The molecule has 0 aliphatic carbocycles. The Morgan fingerprint density at radius 3 is 2.43 bits per heavy atom. The van der Waals surface area contributed by atoms with Gasteiger partial charge in [-0.05, 0) is 19.8 Å². The van der Waals surface area contributed by atoms with Gasteiger partial charge in [-0.15, -0.1) is 11.3 Å². The van der Waals surface area contributed by atoms with E-state index in [1.54, 1.807) is 18.9 Å². The SMILES string of the molecule is Cc1sc(C(=O)N2CCC(N(C)S(C)(=O)=O)CC2)cc1[N+](=O)[O-]. The van der Waals surface area contributed by atoms with Gasteiger partial charge in [0.25, 0.3) is 11.6 Å². The normalized spacial score (nSPS) is 16.8. The van der Waals surface area contributed by atoms with Gasteiger partial charge in [0.05, 0.1) is 20.9 Å². The van der Waals surface area contributed by atoms with E-state index < -0.39 is 14.9 Å². The lowest BCUT2D eigenvalue weighted by atomic mass is 10.1. The minimum Gasteiger partial charge on any atom is -0.338 e. The van der Waals surface area contributed by atoms with Crippen LogP contribution in [-0.4, -0.2) is 60.9 Å². The van der Waals surface area contributed by atoms with Crippen molar-refractivity contribution in [1.29, 1.82) is 0 Å². The topological polar surface area (TPSA) is 101 Å². The monoisotopic (exact) mass is 361 g/mol. The Balaban J connectivity index is 2.04. The van der Waals surface area contributed by atoms with E-state index in [9.17, 15) is 23.3 Å². The van der Waals surface area contributed by atoms with E-state index in [0.717, 1.165) is 17.6 Å². The second-order valence-corrected chi connectivity index (χ2v) is 8.91. The minimum absolute atomic E-state index is 0.0370. The fraction of sp³-hybridized carbons (Fsp3) is 0.615. The summed E-state index contributed by atoms with van der Waals surface area (Å²) < 4.78 is 24.5. The Bertz CT molecular complexity index is 720. The predicted octanol–water partition coefficient (Wildman–Crippen LogP) is 1.46. The number of amides is 1. The third kappa shape index (κ3) is 3.88. The van der Waals surface area contributed by atoms with Crippen LogP contribution < -0.4 is 0 Å². The number of piperidine rings is 1. The molecular formula is C13H19N3O5S2. The van der Waals surface area contributed by atoms with Crippen molar-refractivity contribution in [3.8, 4) is 0 Å². The van der Waals surface area contributed by atoms with E-state index in [0.29, 0.717) is 35.7 Å². The van der Waals surface area contributed by atoms with Gasteiger partial charge in [-0.3, -0.25) is 14.9 Å². The molecule has 1 aromatic heterocycles. The molecule has 128 valence electrons. The standard InChI is InChI=1S/C13H19N3O5S2/c1-9-11(16(18)19)8-12(22-9)13(17)15-6-4-10(5-7-15)14(2)23(3,20)21/h8,10H,4-7H2,1-3H3. The van der Waals surface area contributed by atoms with Crippen molar-refractivity contribution in [1.82, 2.24) is 9.21 Å². The Labute approximate surface area is 138 Å². The van der Waals surface area contributed by atoms with E-state index in [1.165, 1.54) is 10.4 Å². The quantitative estimate of drug-likeness (QED) is 0.597. The fourth-order valence-corrected chi connectivity index (χ4v) is 4.33. The number of hydrogen-bond acceptors (Lipinski definition) is 6. The number of carbonyl (C=O) groups is 1. The van der Waals surface area contributed by atoms with Crippen molar-refractivity contribution in [3.63, 3.8) is 0 Å². The summed E-state index contributed by atoms with van der Waals surface area (Å²) >= 11 is 1.12. The Morgan fingerprint density at radius 2 is 2.00 bits per heavy atom. The van der Waals surface area contributed by atoms with Crippen LogP contribution in [0.2, 0.25) is 0 Å². The Hall–Kier alpha value is -1.52. The van der Waals surface area contributed by atoms with Gasteiger partial charge in [0.2, 0.25) is 10.0 Å². The third-order valence-electron chi connectivity index (χ3n) is 4.09.